The molecule has 0 unspecified atom stereocenters. The lowest BCUT2D eigenvalue weighted by Gasteiger charge is -2.17. The third kappa shape index (κ3) is 5.27. The molecule has 17 heavy (non-hydrogen) atoms. The van der Waals surface area contributed by atoms with E-state index in [-0.39, 0.29) is 11.3 Å². The standard InChI is InChI=1S/C10H20N4O2S/c1-10(2,3)14-8-9(12-13-14)7-11-5-6-17(4,15)16/h8,11H,5-7H2,1-4H3. The van der Waals surface area contributed by atoms with E-state index in [4.69, 9.17) is 0 Å². The molecule has 0 aliphatic carbocycles. The molecule has 0 aromatic carbocycles. The monoisotopic (exact) mass is 260 g/mol. The van der Waals surface area contributed by atoms with E-state index in [9.17, 15) is 8.42 Å². The molecule has 0 amide bonds. The maximum absolute atomic E-state index is 10.9. The number of hydrogen-bond acceptors (Lipinski definition) is 5. The number of rotatable bonds is 5. The van der Waals surface area contributed by atoms with Crippen LogP contribution in [-0.4, -0.2) is 42.0 Å². The fourth-order valence-electron chi connectivity index (χ4n) is 1.18. The Labute approximate surface area is 102 Å². The molecule has 0 aliphatic rings. The normalized spacial score (nSPS) is 12.9. The Kier molecular flexibility index (Phi) is 4.26. The molecule has 0 bridgehead atoms. The second-order valence-corrected chi connectivity index (χ2v) is 7.39. The van der Waals surface area contributed by atoms with Crippen molar-refractivity contribution < 1.29 is 8.42 Å². The molecule has 0 saturated carbocycles. The van der Waals surface area contributed by atoms with Crippen molar-refractivity contribution >= 4 is 9.84 Å². The lowest BCUT2D eigenvalue weighted by Crippen LogP contribution is -2.23. The fourth-order valence-corrected chi connectivity index (χ4v) is 1.70. The van der Waals surface area contributed by atoms with Gasteiger partial charge in [-0.25, -0.2) is 13.1 Å². The van der Waals surface area contributed by atoms with E-state index in [2.05, 4.69) is 15.6 Å². The van der Waals surface area contributed by atoms with E-state index < -0.39 is 9.84 Å². The lowest BCUT2D eigenvalue weighted by molar-refractivity contribution is 0.347. The zero-order valence-electron chi connectivity index (χ0n) is 10.8. The molecule has 0 spiro atoms. The minimum absolute atomic E-state index is 0.0853. The maximum Gasteiger partial charge on any atom is 0.148 e. The highest BCUT2D eigenvalue weighted by Crippen LogP contribution is 2.11. The van der Waals surface area contributed by atoms with Gasteiger partial charge in [-0.3, -0.25) is 0 Å². The van der Waals surface area contributed by atoms with Crippen LogP contribution in [0, 0.1) is 0 Å². The topological polar surface area (TPSA) is 76.9 Å². The Morgan fingerprint density at radius 2 is 2.06 bits per heavy atom. The van der Waals surface area contributed by atoms with Gasteiger partial charge in [-0.2, -0.15) is 0 Å². The Balaban J connectivity index is 2.41. The summed E-state index contributed by atoms with van der Waals surface area (Å²) in [6, 6.07) is 0. The predicted molar refractivity (Wildman–Crippen MR) is 66.4 cm³/mol. The number of nitrogens with one attached hydrogen (secondary N) is 1. The molecule has 1 heterocycles. The van der Waals surface area contributed by atoms with Crippen LogP contribution in [0.25, 0.3) is 0 Å². The highest BCUT2D eigenvalue weighted by Gasteiger charge is 2.14. The van der Waals surface area contributed by atoms with Crippen molar-refractivity contribution in [1.82, 2.24) is 20.3 Å². The molecule has 1 rings (SSSR count). The van der Waals surface area contributed by atoms with Gasteiger partial charge >= 0.3 is 0 Å². The van der Waals surface area contributed by atoms with Crippen molar-refractivity contribution in [2.75, 3.05) is 18.6 Å². The Morgan fingerprint density at radius 3 is 2.53 bits per heavy atom. The third-order valence-electron chi connectivity index (χ3n) is 2.18. The van der Waals surface area contributed by atoms with Crippen LogP contribution in [0.2, 0.25) is 0 Å². The van der Waals surface area contributed by atoms with E-state index >= 15 is 0 Å². The van der Waals surface area contributed by atoms with Crippen molar-refractivity contribution in [3.05, 3.63) is 11.9 Å². The Morgan fingerprint density at radius 1 is 1.41 bits per heavy atom. The quantitative estimate of drug-likeness (QED) is 0.764. The minimum Gasteiger partial charge on any atom is -0.310 e. The predicted octanol–water partition coefficient (Wildman–Crippen LogP) is 0.167. The summed E-state index contributed by atoms with van der Waals surface area (Å²) in [5.74, 6) is 0.139. The summed E-state index contributed by atoms with van der Waals surface area (Å²) in [5, 5.41) is 11.1. The Bertz CT molecular complexity index is 459. The maximum atomic E-state index is 10.9. The SMILES string of the molecule is CC(C)(C)n1cc(CNCCS(C)(=O)=O)nn1. The van der Waals surface area contributed by atoms with E-state index in [0.717, 1.165) is 5.69 Å². The first-order valence-corrected chi connectivity index (χ1v) is 7.55. The van der Waals surface area contributed by atoms with Crippen LogP contribution in [-0.2, 0) is 21.9 Å². The van der Waals surface area contributed by atoms with Crippen molar-refractivity contribution in [2.24, 2.45) is 0 Å². The van der Waals surface area contributed by atoms with Gasteiger partial charge in [-0.1, -0.05) is 5.21 Å². The van der Waals surface area contributed by atoms with Crippen LogP contribution in [0.4, 0.5) is 0 Å². The van der Waals surface area contributed by atoms with Crippen LogP contribution in [0.5, 0.6) is 0 Å². The zero-order chi connectivity index (χ0) is 13.1. The van der Waals surface area contributed by atoms with E-state index in [1.165, 1.54) is 6.26 Å². The van der Waals surface area contributed by atoms with E-state index in [1.54, 1.807) is 4.68 Å². The van der Waals surface area contributed by atoms with Gasteiger partial charge in [0.05, 0.1) is 23.2 Å². The average Bonchev–Trinajstić information content (AvgIpc) is 2.58. The van der Waals surface area contributed by atoms with Crippen LogP contribution < -0.4 is 5.32 Å². The second kappa shape index (κ2) is 5.14. The molecule has 0 fully saturated rings. The molecule has 0 saturated heterocycles. The minimum atomic E-state index is -2.90. The Hall–Kier alpha value is -0.950. The van der Waals surface area contributed by atoms with Gasteiger partial charge in [0, 0.05) is 19.3 Å². The van der Waals surface area contributed by atoms with Gasteiger partial charge < -0.3 is 5.32 Å². The highest BCUT2D eigenvalue weighted by atomic mass is 32.2. The zero-order valence-corrected chi connectivity index (χ0v) is 11.6. The molecule has 6 nitrogen and oxygen atoms in total. The van der Waals surface area contributed by atoms with Gasteiger partial charge in [0.1, 0.15) is 9.84 Å². The van der Waals surface area contributed by atoms with Crippen LogP contribution in [0.1, 0.15) is 26.5 Å². The second-order valence-electron chi connectivity index (χ2n) is 5.13. The number of nitrogens with zero attached hydrogens (tertiary/aromatic N) is 3. The van der Waals surface area contributed by atoms with Gasteiger partial charge in [-0.15, -0.1) is 5.10 Å². The van der Waals surface area contributed by atoms with Crippen molar-refractivity contribution in [3.8, 4) is 0 Å². The third-order valence-corrected chi connectivity index (χ3v) is 3.13. The molecule has 0 radical (unpaired) electrons. The molecular weight excluding hydrogens is 240 g/mol. The largest absolute Gasteiger partial charge is 0.310 e. The molecule has 7 heteroatoms. The molecular formula is C10H20N4O2S. The fraction of sp³-hybridized carbons (Fsp3) is 0.800. The van der Waals surface area contributed by atoms with Crippen LogP contribution >= 0.6 is 0 Å². The van der Waals surface area contributed by atoms with E-state index in [0.29, 0.717) is 13.1 Å². The van der Waals surface area contributed by atoms with Crippen LogP contribution in [0.3, 0.4) is 0 Å². The van der Waals surface area contributed by atoms with Gasteiger partial charge in [0.25, 0.3) is 0 Å². The summed E-state index contributed by atoms with van der Waals surface area (Å²) in [6.45, 7) is 7.10. The van der Waals surface area contributed by atoms with Crippen molar-refractivity contribution in [1.29, 1.82) is 0 Å². The summed E-state index contributed by atoms with van der Waals surface area (Å²) < 4.78 is 23.6. The van der Waals surface area contributed by atoms with E-state index in [1.807, 2.05) is 27.0 Å². The smallest absolute Gasteiger partial charge is 0.148 e. The first-order chi connectivity index (χ1) is 7.68. The molecule has 1 N–H and O–H groups in total. The highest BCUT2D eigenvalue weighted by molar-refractivity contribution is 7.90. The van der Waals surface area contributed by atoms with Gasteiger partial charge in [0.15, 0.2) is 0 Å². The molecule has 98 valence electrons. The number of aromatic nitrogens is 3. The lowest BCUT2D eigenvalue weighted by atomic mass is 10.1. The summed E-state index contributed by atoms with van der Waals surface area (Å²) in [6.07, 6.45) is 3.10. The van der Waals surface area contributed by atoms with Crippen molar-refractivity contribution in [2.45, 2.75) is 32.9 Å². The summed E-state index contributed by atoms with van der Waals surface area (Å²) in [5.41, 5.74) is 0.728. The first kappa shape index (κ1) is 14.1. The van der Waals surface area contributed by atoms with Crippen molar-refractivity contribution in [3.63, 3.8) is 0 Å². The average molecular weight is 260 g/mol. The number of hydrogen-bond donors (Lipinski definition) is 1. The summed E-state index contributed by atoms with van der Waals surface area (Å²) in [4.78, 5) is 0. The summed E-state index contributed by atoms with van der Waals surface area (Å²) >= 11 is 0. The molecule has 1 aromatic heterocycles. The molecule has 0 atom stereocenters. The van der Waals surface area contributed by atoms with Crippen LogP contribution in [0.15, 0.2) is 6.20 Å². The van der Waals surface area contributed by atoms with Gasteiger partial charge in [-0.05, 0) is 20.8 Å². The molecule has 1 aromatic rings. The number of sulfone groups is 1. The first-order valence-electron chi connectivity index (χ1n) is 5.49. The van der Waals surface area contributed by atoms with Gasteiger partial charge in [0.2, 0.25) is 0 Å². The molecule has 0 aliphatic heterocycles. The summed E-state index contributed by atoms with van der Waals surface area (Å²) in [7, 11) is -2.90.